The van der Waals surface area contributed by atoms with Crippen molar-refractivity contribution in [3.05, 3.63) is 0 Å². The Hall–Kier alpha value is -0.600. The van der Waals surface area contributed by atoms with Crippen LogP contribution in [0, 0.1) is 5.92 Å². The van der Waals surface area contributed by atoms with Crippen molar-refractivity contribution in [1.29, 1.82) is 0 Å². The summed E-state index contributed by atoms with van der Waals surface area (Å²) in [5.74, 6) is -1.12. The molecule has 0 saturated carbocycles. The largest absolute Gasteiger partial charge is 0.481 e. The number of aliphatic carboxylic acids is 1. The van der Waals surface area contributed by atoms with Crippen molar-refractivity contribution < 1.29 is 14.3 Å². The molecule has 0 aromatic heterocycles. The van der Waals surface area contributed by atoms with E-state index in [1.807, 2.05) is 0 Å². The van der Waals surface area contributed by atoms with Crippen molar-refractivity contribution in [2.45, 2.75) is 26.2 Å². The lowest BCUT2D eigenvalue weighted by Crippen LogP contribution is -2.08. The Labute approximate surface area is 60.1 Å². The van der Waals surface area contributed by atoms with E-state index in [0.717, 1.165) is 0 Å². The smallest absolute Gasteiger partial charge is 0.306 e. The maximum absolute atomic E-state index is 11.5. The predicted molar refractivity (Wildman–Crippen MR) is 36.6 cm³/mol. The van der Waals surface area contributed by atoms with Crippen LogP contribution in [0.2, 0.25) is 0 Å². The molecular weight excluding hydrogens is 135 g/mol. The molecule has 0 aromatic carbocycles. The topological polar surface area (TPSA) is 37.3 Å². The van der Waals surface area contributed by atoms with Gasteiger partial charge in [0.1, 0.15) is 0 Å². The van der Waals surface area contributed by atoms with Gasteiger partial charge in [-0.15, -0.1) is 0 Å². The summed E-state index contributed by atoms with van der Waals surface area (Å²) in [6.45, 7) is 1.30. The zero-order valence-electron chi connectivity index (χ0n) is 6.14. The minimum atomic E-state index is -0.793. The van der Waals surface area contributed by atoms with Crippen molar-refractivity contribution in [3.8, 4) is 0 Å². The van der Waals surface area contributed by atoms with Crippen LogP contribution < -0.4 is 0 Å². The Bertz CT molecular complexity index is 104. The summed E-state index contributed by atoms with van der Waals surface area (Å²) < 4.78 is 11.5. The molecule has 1 unspecified atom stereocenters. The molecule has 0 aliphatic carbocycles. The van der Waals surface area contributed by atoms with E-state index in [1.165, 1.54) is 0 Å². The summed E-state index contributed by atoms with van der Waals surface area (Å²) in [7, 11) is 0. The molecule has 0 amide bonds. The van der Waals surface area contributed by atoms with Crippen molar-refractivity contribution >= 4 is 5.97 Å². The molecule has 1 atom stereocenters. The minimum Gasteiger partial charge on any atom is -0.481 e. The second kappa shape index (κ2) is 5.21. The molecule has 1 N–H and O–H groups in total. The zero-order valence-corrected chi connectivity index (χ0v) is 6.14. The standard InChI is InChI=1S/C7H13FO2/c1-6(7(9)10)4-2-3-5-8/h6H,2-5H2,1H3,(H,9,10). The Balaban J connectivity index is 3.21. The fraction of sp³-hybridized carbons (Fsp3) is 0.857. The van der Waals surface area contributed by atoms with Gasteiger partial charge >= 0.3 is 5.97 Å². The molecule has 0 aliphatic heterocycles. The molecule has 0 heterocycles. The second-order valence-electron chi connectivity index (χ2n) is 2.42. The lowest BCUT2D eigenvalue weighted by molar-refractivity contribution is -0.141. The van der Waals surface area contributed by atoms with Gasteiger partial charge in [-0.05, 0) is 12.8 Å². The summed E-state index contributed by atoms with van der Waals surface area (Å²) in [4.78, 5) is 10.2. The molecule has 0 aliphatic rings. The van der Waals surface area contributed by atoms with Crippen LogP contribution in [0.5, 0.6) is 0 Å². The molecule has 60 valence electrons. The first-order chi connectivity index (χ1) is 4.68. The zero-order chi connectivity index (χ0) is 7.98. The molecule has 3 heteroatoms. The van der Waals surface area contributed by atoms with Gasteiger partial charge in [-0.25, -0.2) is 0 Å². The summed E-state index contributed by atoms with van der Waals surface area (Å²) in [6.07, 6.45) is 1.74. The van der Waals surface area contributed by atoms with E-state index in [1.54, 1.807) is 6.92 Å². The third-order valence-corrected chi connectivity index (χ3v) is 1.44. The molecule has 0 aromatic rings. The minimum absolute atomic E-state index is 0.327. The van der Waals surface area contributed by atoms with Crippen molar-refractivity contribution in [2.75, 3.05) is 6.67 Å². The number of unbranched alkanes of at least 4 members (excludes halogenated alkanes) is 1. The van der Waals surface area contributed by atoms with E-state index < -0.39 is 5.97 Å². The molecule has 0 saturated heterocycles. The first-order valence-corrected chi connectivity index (χ1v) is 3.47. The van der Waals surface area contributed by atoms with Gasteiger partial charge in [0.05, 0.1) is 12.6 Å². The Kier molecular flexibility index (Phi) is 4.89. The van der Waals surface area contributed by atoms with Crippen LogP contribution in [-0.2, 0) is 4.79 Å². The number of hydrogen-bond acceptors (Lipinski definition) is 1. The van der Waals surface area contributed by atoms with Gasteiger partial charge < -0.3 is 5.11 Å². The number of halogens is 1. The van der Waals surface area contributed by atoms with Crippen LogP contribution >= 0.6 is 0 Å². The highest BCUT2D eigenvalue weighted by molar-refractivity contribution is 5.69. The highest BCUT2D eigenvalue weighted by atomic mass is 19.1. The maximum Gasteiger partial charge on any atom is 0.306 e. The highest BCUT2D eigenvalue weighted by Gasteiger charge is 2.08. The van der Waals surface area contributed by atoms with Gasteiger partial charge in [0, 0.05) is 0 Å². The fourth-order valence-corrected chi connectivity index (χ4v) is 0.668. The molecule has 10 heavy (non-hydrogen) atoms. The van der Waals surface area contributed by atoms with Crippen LogP contribution in [0.25, 0.3) is 0 Å². The van der Waals surface area contributed by atoms with Gasteiger partial charge in [-0.2, -0.15) is 0 Å². The van der Waals surface area contributed by atoms with Gasteiger partial charge in [0.15, 0.2) is 0 Å². The number of carboxylic acids is 1. The monoisotopic (exact) mass is 148 g/mol. The predicted octanol–water partition coefficient (Wildman–Crippen LogP) is 1.85. The maximum atomic E-state index is 11.5. The van der Waals surface area contributed by atoms with Crippen LogP contribution in [-0.4, -0.2) is 17.8 Å². The third-order valence-electron chi connectivity index (χ3n) is 1.44. The molecule has 0 rings (SSSR count). The van der Waals surface area contributed by atoms with Gasteiger partial charge in [0.25, 0.3) is 0 Å². The van der Waals surface area contributed by atoms with Gasteiger partial charge in [-0.1, -0.05) is 13.3 Å². The summed E-state index contributed by atoms with van der Waals surface area (Å²) in [5.41, 5.74) is 0. The fourth-order valence-electron chi connectivity index (χ4n) is 0.668. The van der Waals surface area contributed by atoms with Crippen LogP contribution in [0.15, 0.2) is 0 Å². The molecule has 2 nitrogen and oxygen atoms in total. The Morgan fingerprint density at radius 1 is 1.60 bits per heavy atom. The van der Waals surface area contributed by atoms with Crippen molar-refractivity contribution in [2.24, 2.45) is 5.92 Å². The van der Waals surface area contributed by atoms with Crippen LogP contribution in [0.4, 0.5) is 4.39 Å². The van der Waals surface area contributed by atoms with E-state index in [-0.39, 0.29) is 12.6 Å². The summed E-state index contributed by atoms with van der Waals surface area (Å²) in [6, 6.07) is 0. The second-order valence-corrected chi connectivity index (χ2v) is 2.42. The van der Waals surface area contributed by atoms with Crippen LogP contribution in [0.3, 0.4) is 0 Å². The average Bonchev–Trinajstić information content (AvgIpc) is 1.88. The number of carbonyl (C=O) groups is 1. The van der Waals surface area contributed by atoms with Gasteiger partial charge in [0.2, 0.25) is 0 Å². The molecule has 0 fully saturated rings. The first-order valence-electron chi connectivity index (χ1n) is 3.47. The first kappa shape index (κ1) is 9.40. The van der Waals surface area contributed by atoms with E-state index in [4.69, 9.17) is 5.11 Å². The lowest BCUT2D eigenvalue weighted by Gasteiger charge is -2.02. The normalized spacial score (nSPS) is 13.0. The number of carboxylic acid groups (broad SMARTS) is 1. The Morgan fingerprint density at radius 2 is 2.20 bits per heavy atom. The Morgan fingerprint density at radius 3 is 2.60 bits per heavy atom. The summed E-state index contributed by atoms with van der Waals surface area (Å²) in [5, 5.41) is 8.39. The summed E-state index contributed by atoms with van der Waals surface area (Å²) >= 11 is 0. The molecule has 0 bridgehead atoms. The number of alkyl halides is 1. The average molecular weight is 148 g/mol. The number of hydrogen-bond donors (Lipinski definition) is 1. The van der Waals surface area contributed by atoms with E-state index in [0.29, 0.717) is 19.3 Å². The quantitative estimate of drug-likeness (QED) is 0.604. The highest BCUT2D eigenvalue weighted by Crippen LogP contribution is 2.07. The van der Waals surface area contributed by atoms with E-state index >= 15 is 0 Å². The van der Waals surface area contributed by atoms with Crippen molar-refractivity contribution in [1.82, 2.24) is 0 Å². The third kappa shape index (κ3) is 4.30. The molecule has 0 radical (unpaired) electrons. The van der Waals surface area contributed by atoms with Crippen LogP contribution in [0.1, 0.15) is 26.2 Å². The molecule has 0 spiro atoms. The SMILES string of the molecule is CC(CCCCF)C(=O)O. The van der Waals surface area contributed by atoms with Crippen molar-refractivity contribution in [3.63, 3.8) is 0 Å². The number of rotatable bonds is 5. The van der Waals surface area contributed by atoms with Gasteiger partial charge in [-0.3, -0.25) is 9.18 Å². The lowest BCUT2D eigenvalue weighted by atomic mass is 10.1. The molecular formula is C7H13FO2. The van der Waals surface area contributed by atoms with E-state index in [9.17, 15) is 9.18 Å². The van der Waals surface area contributed by atoms with E-state index in [2.05, 4.69) is 0 Å².